The lowest BCUT2D eigenvalue weighted by molar-refractivity contribution is -0.302. The second-order valence-corrected chi connectivity index (χ2v) is 19.7. The van der Waals surface area contributed by atoms with Crippen molar-refractivity contribution in [3.05, 3.63) is 36.5 Å². The molecule has 1 heterocycles. The summed E-state index contributed by atoms with van der Waals surface area (Å²) in [5.74, 6) is -0.186. The number of carbonyl (C=O) groups excluding carboxylic acids is 1. The molecule has 0 spiro atoms. The fourth-order valence-corrected chi connectivity index (χ4v) is 8.96. The van der Waals surface area contributed by atoms with Gasteiger partial charge < -0.3 is 40.3 Å². The number of aliphatic hydroxyl groups is 5. The van der Waals surface area contributed by atoms with Crippen molar-refractivity contribution in [3.8, 4) is 0 Å². The lowest BCUT2D eigenvalue weighted by Crippen LogP contribution is -2.60. The summed E-state index contributed by atoms with van der Waals surface area (Å²) in [4.78, 5) is 13.0. The van der Waals surface area contributed by atoms with Crippen LogP contribution in [-0.4, -0.2) is 87.5 Å². The molecule has 1 rings (SSSR count). The van der Waals surface area contributed by atoms with Gasteiger partial charge >= 0.3 is 0 Å². The first kappa shape index (κ1) is 62.4. The zero-order valence-electron chi connectivity index (χ0n) is 43.0. The van der Waals surface area contributed by atoms with Crippen LogP contribution in [0, 0.1) is 0 Å². The number of unbranched alkanes of at least 4 members (excludes halogenated alkanes) is 34. The number of amides is 1. The van der Waals surface area contributed by atoms with E-state index in [4.69, 9.17) is 9.47 Å². The highest BCUT2D eigenvalue weighted by molar-refractivity contribution is 5.76. The van der Waals surface area contributed by atoms with E-state index < -0.39 is 49.5 Å². The summed E-state index contributed by atoms with van der Waals surface area (Å²) in [6.45, 7) is 3.77. The Morgan fingerprint density at radius 1 is 0.500 bits per heavy atom. The summed E-state index contributed by atoms with van der Waals surface area (Å²) in [5.41, 5.74) is 0. The van der Waals surface area contributed by atoms with E-state index in [1.807, 2.05) is 6.08 Å². The molecule has 7 unspecified atom stereocenters. The van der Waals surface area contributed by atoms with Gasteiger partial charge in [0.2, 0.25) is 5.91 Å². The van der Waals surface area contributed by atoms with Crippen LogP contribution in [-0.2, 0) is 14.3 Å². The van der Waals surface area contributed by atoms with Crippen molar-refractivity contribution in [2.75, 3.05) is 13.2 Å². The minimum Gasteiger partial charge on any atom is -0.394 e. The first-order valence-electron chi connectivity index (χ1n) is 28.2. The van der Waals surface area contributed by atoms with Gasteiger partial charge in [-0.1, -0.05) is 249 Å². The molecule has 9 nitrogen and oxygen atoms in total. The Morgan fingerprint density at radius 3 is 1.27 bits per heavy atom. The van der Waals surface area contributed by atoms with Crippen molar-refractivity contribution in [2.24, 2.45) is 0 Å². The molecule has 1 fully saturated rings. The first-order chi connectivity index (χ1) is 32.3. The van der Waals surface area contributed by atoms with Gasteiger partial charge in [0, 0.05) is 6.42 Å². The summed E-state index contributed by atoms with van der Waals surface area (Å²) < 4.78 is 11.2. The van der Waals surface area contributed by atoms with Crippen LogP contribution >= 0.6 is 0 Å². The van der Waals surface area contributed by atoms with E-state index in [9.17, 15) is 30.3 Å². The number of nitrogens with one attached hydrogen (secondary N) is 1. The average molecular weight is 934 g/mol. The van der Waals surface area contributed by atoms with Gasteiger partial charge in [-0.2, -0.15) is 0 Å². The largest absolute Gasteiger partial charge is 0.394 e. The standard InChI is InChI=1S/C57H107NO8/c1-3-5-7-9-11-13-15-17-19-21-22-23-24-25-26-27-28-29-31-33-35-37-39-41-43-45-47-53(61)58-50(49-65-57-56(64)55(63)54(62)52(48-59)66-57)51(60)46-44-42-40-38-36-34-32-30-20-18-16-14-12-10-8-6-4-2/h20,30,36,38,44,46,50-52,54-57,59-60,62-64H,3-19,21-29,31-35,37,39-43,45,47-49H2,1-2H3,(H,58,61)/b30-20+,38-36+,46-44+. The molecule has 1 saturated heterocycles. The summed E-state index contributed by atoms with van der Waals surface area (Å²) in [6, 6.07) is -0.825. The third kappa shape index (κ3) is 36.4. The van der Waals surface area contributed by atoms with E-state index in [2.05, 4.69) is 43.5 Å². The van der Waals surface area contributed by atoms with E-state index in [1.165, 1.54) is 199 Å². The Morgan fingerprint density at radius 2 is 0.864 bits per heavy atom. The van der Waals surface area contributed by atoms with Crippen LogP contribution in [0.25, 0.3) is 0 Å². The maximum atomic E-state index is 13.0. The third-order valence-corrected chi connectivity index (χ3v) is 13.4. The normalized spacial score (nSPS) is 20.0. The smallest absolute Gasteiger partial charge is 0.220 e. The molecule has 388 valence electrons. The molecule has 1 aliphatic rings. The SMILES string of the molecule is CCCCCCCCC/C=C/CC/C=C/CC/C=C/C(O)C(COC1OC(CO)C(O)C(O)C1O)NC(=O)CCCCCCCCCCCCCCCCCCCCCCCCCCCC. The second-order valence-electron chi connectivity index (χ2n) is 19.7. The van der Waals surface area contributed by atoms with E-state index in [0.29, 0.717) is 6.42 Å². The van der Waals surface area contributed by atoms with Gasteiger partial charge in [0.05, 0.1) is 25.4 Å². The molecule has 7 atom stereocenters. The quantitative estimate of drug-likeness (QED) is 0.0261. The summed E-state index contributed by atoms with van der Waals surface area (Å²) in [6.07, 6.45) is 53.6. The van der Waals surface area contributed by atoms with E-state index in [1.54, 1.807) is 6.08 Å². The summed E-state index contributed by atoms with van der Waals surface area (Å²) in [7, 11) is 0. The maximum Gasteiger partial charge on any atom is 0.220 e. The van der Waals surface area contributed by atoms with Crippen LogP contribution < -0.4 is 5.32 Å². The molecule has 0 aliphatic carbocycles. The van der Waals surface area contributed by atoms with Gasteiger partial charge in [-0.3, -0.25) is 4.79 Å². The molecule has 1 aliphatic heterocycles. The Bertz CT molecular complexity index is 1130. The molecule has 0 aromatic carbocycles. The minimum absolute atomic E-state index is 0.186. The van der Waals surface area contributed by atoms with Crippen molar-refractivity contribution in [1.29, 1.82) is 0 Å². The predicted octanol–water partition coefficient (Wildman–Crippen LogP) is 13.6. The van der Waals surface area contributed by atoms with E-state index >= 15 is 0 Å². The molecule has 0 saturated carbocycles. The van der Waals surface area contributed by atoms with Crippen molar-refractivity contribution < 1.29 is 39.8 Å². The number of hydrogen-bond donors (Lipinski definition) is 6. The number of carbonyl (C=O) groups is 1. The van der Waals surface area contributed by atoms with E-state index in [0.717, 1.165) is 44.9 Å². The van der Waals surface area contributed by atoms with Gasteiger partial charge in [-0.15, -0.1) is 0 Å². The Hall–Kier alpha value is -1.59. The van der Waals surface area contributed by atoms with Gasteiger partial charge in [0.25, 0.3) is 0 Å². The fourth-order valence-electron chi connectivity index (χ4n) is 8.96. The van der Waals surface area contributed by atoms with Crippen LogP contribution in [0.2, 0.25) is 0 Å². The molecule has 0 radical (unpaired) electrons. The lowest BCUT2D eigenvalue weighted by Gasteiger charge is -2.40. The molecule has 6 N–H and O–H groups in total. The molecular formula is C57H107NO8. The predicted molar refractivity (Wildman–Crippen MR) is 276 cm³/mol. The number of ether oxygens (including phenoxy) is 2. The Kier molecular flexibility index (Phi) is 44.6. The zero-order valence-corrected chi connectivity index (χ0v) is 43.0. The van der Waals surface area contributed by atoms with Gasteiger partial charge in [-0.25, -0.2) is 0 Å². The Balaban J connectivity index is 2.23. The highest BCUT2D eigenvalue weighted by Crippen LogP contribution is 2.23. The summed E-state index contributed by atoms with van der Waals surface area (Å²) >= 11 is 0. The monoisotopic (exact) mass is 934 g/mol. The Labute approximate surface area is 406 Å². The molecule has 9 heteroatoms. The van der Waals surface area contributed by atoms with Crippen LogP contribution in [0.5, 0.6) is 0 Å². The van der Waals surface area contributed by atoms with Crippen LogP contribution in [0.3, 0.4) is 0 Å². The zero-order chi connectivity index (χ0) is 48.0. The molecule has 0 aromatic rings. The van der Waals surface area contributed by atoms with Crippen LogP contribution in [0.4, 0.5) is 0 Å². The van der Waals surface area contributed by atoms with Crippen molar-refractivity contribution in [1.82, 2.24) is 5.32 Å². The minimum atomic E-state index is -1.57. The second kappa shape index (κ2) is 47.1. The molecule has 66 heavy (non-hydrogen) atoms. The number of allylic oxidation sites excluding steroid dienone is 5. The highest BCUT2D eigenvalue weighted by atomic mass is 16.7. The number of aliphatic hydroxyl groups excluding tert-OH is 5. The number of rotatable bonds is 48. The average Bonchev–Trinajstić information content (AvgIpc) is 3.32. The van der Waals surface area contributed by atoms with Crippen molar-refractivity contribution in [3.63, 3.8) is 0 Å². The summed E-state index contributed by atoms with van der Waals surface area (Å²) in [5, 5.41) is 54.4. The molecule has 0 aromatic heterocycles. The van der Waals surface area contributed by atoms with Gasteiger partial charge in [-0.05, 0) is 44.9 Å². The van der Waals surface area contributed by atoms with Crippen LogP contribution in [0.15, 0.2) is 36.5 Å². The van der Waals surface area contributed by atoms with Crippen molar-refractivity contribution in [2.45, 2.75) is 307 Å². The molecule has 1 amide bonds. The molecule has 0 bridgehead atoms. The van der Waals surface area contributed by atoms with Gasteiger partial charge in [0.1, 0.15) is 24.4 Å². The van der Waals surface area contributed by atoms with E-state index in [-0.39, 0.29) is 12.5 Å². The fraction of sp³-hybridized carbons (Fsp3) is 0.877. The number of hydrogen-bond acceptors (Lipinski definition) is 8. The maximum absolute atomic E-state index is 13.0. The molecular weight excluding hydrogens is 827 g/mol. The van der Waals surface area contributed by atoms with Crippen molar-refractivity contribution >= 4 is 5.91 Å². The highest BCUT2D eigenvalue weighted by Gasteiger charge is 2.44. The first-order valence-corrected chi connectivity index (χ1v) is 28.2. The third-order valence-electron chi connectivity index (χ3n) is 13.4. The topological polar surface area (TPSA) is 149 Å². The van der Waals surface area contributed by atoms with Gasteiger partial charge in [0.15, 0.2) is 6.29 Å². The van der Waals surface area contributed by atoms with Crippen LogP contribution in [0.1, 0.15) is 264 Å². The lowest BCUT2D eigenvalue weighted by atomic mass is 9.99.